The normalized spacial score (nSPS) is 25.4. The summed E-state index contributed by atoms with van der Waals surface area (Å²) >= 11 is 3.42. The molecular weight excluding hydrogens is 362 g/mol. The van der Waals surface area contributed by atoms with Gasteiger partial charge in [0.2, 0.25) is 10.0 Å². The Morgan fingerprint density at radius 3 is 2.68 bits per heavy atom. The van der Waals surface area contributed by atoms with Gasteiger partial charge in [-0.3, -0.25) is 0 Å². The fourth-order valence-electron chi connectivity index (χ4n) is 2.86. The lowest BCUT2D eigenvalue weighted by atomic mass is 9.88. The summed E-state index contributed by atoms with van der Waals surface area (Å²) in [5.41, 5.74) is 1.83. The molecule has 0 aliphatic heterocycles. The molecule has 116 valence electrons. The number of hydrogen-bond acceptors (Lipinski definition) is 2. The van der Waals surface area contributed by atoms with Crippen molar-refractivity contribution in [1.82, 2.24) is 3.97 Å². The number of benzene rings is 1. The third kappa shape index (κ3) is 2.18. The average Bonchev–Trinajstić information content (AvgIpc) is 2.94. The second-order valence-electron chi connectivity index (χ2n) is 5.86. The Morgan fingerprint density at radius 1 is 1.27 bits per heavy atom. The van der Waals surface area contributed by atoms with Crippen LogP contribution in [0.1, 0.15) is 13.8 Å². The summed E-state index contributed by atoms with van der Waals surface area (Å²) in [4.78, 5) is 0. The molecule has 0 N–H and O–H groups in total. The molecule has 0 fully saturated rings. The van der Waals surface area contributed by atoms with Gasteiger partial charge in [-0.2, -0.15) is 0 Å². The van der Waals surface area contributed by atoms with Crippen LogP contribution in [0.2, 0.25) is 0 Å². The molecule has 2 aromatic rings. The Morgan fingerprint density at radius 2 is 2.00 bits per heavy atom. The van der Waals surface area contributed by atoms with E-state index in [0.717, 1.165) is 21.8 Å². The van der Waals surface area contributed by atoms with Crippen molar-refractivity contribution in [3.8, 4) is 0 Å². The summed E-state index contributed by atoms with van der Waals surface area (Å²) in [6.07, 6.45) is 7.39. The van der Waals surface area contributed by atoms with Crippen LogP contribution in [-0.4, -0.2) is 22.5 Å². The van der Waals surface area contributed by atoms with Gasteiger partial charge >= 0.3 is 0 Å². The van der Waals surface area contributed by atoms with Gasteiger partial charge in [0.25, 0.3) is 0 Å². The van der Waals surface area contributed by atoms with Gasteiger partial charge in [0.05, 0.1) is 5.52 Å². The minimum atomic E-state index is -3.56. The first-order valence-corrected chi connectivity index (χ1v) is 9.73. The molecule has 0 saturated heterocycles. The lowest BCUT2D eigenvalue weighted by Crippen LogP contribution is -2.43. The van der Waals surface area contributed by atoms with Crippen LogP contribution in [0.3, 0.4) is 0 Å². The maximum absolute atomic E-state index is 13.3. The monoisotopic (exact) mass is 379 g/mol. The molecule has 1 heterocycles. The van der Waals surface area contributed by atoms with Crippen LogP contribution in [0.5, 0.6) is 0 Å². The molecule has 3 nitrogen and oxygen atoms in total. The van der Waals surface area contributed by atoms with E-state index in [4.69, 9.17) is 0 Å². The number of nitrogens with zero attached hydrogens (tertiary/aromatic N) is 1. The van der Waals surface area contributed by atoms with Gasteiger partial charge in [0.1, 0.15) is 4.75 Å². The highest BCUT2D eigenvalue weighted by Gasteiger charge is 2.44. The molecule has 0 bridgehead atoms. The second-order valence-corrected chi connectivity index (χ2v) is 8.64. The predicted octanol–water partition coefficient (Wildman–Crippen LogP) is 4.11. The van der Waals surface area contributed by atoms with Gasteiger partial charge in [-0.15, -0.1) is 0 Å². The standard InChI is InChI=1S/C17H18BrNO2S/c1-13-11-14(12-18)7-9-17(13,2)22(20,21)19-10-8-15-5-3-4-6-16(15)19/h3-11,13H,12H2,1-2H3. The van der Waals surface area contributed by atoms with E-state index in [1.54, 1.807) is 13.1 Å². The second kappa shape index (κ2) is 5.39. The number of hydrogen-bond donors (Lipinski definition) is 0. The number of fused-ring (bicyclic) bond motifs is 1. The van der Waals surface area contributed by atoms with Crippen LogP contribution in [0.25, 0.3) is 10.9 Å². The molecule has 1 aliphatic carbocycles. The predicted molar refractivity (Wildman–Crippen MR) is 94.8 cm³/mol. The van der Waals surface area contributed by atoms with Crippen molar-refractivity contribution < 1.29 is 8.42 Å². The number of aromatic nitrogens is 1. The van der Waals surface area contributed by atoms with Gasteiger partial charge in [-0.05, 0) is 30.5 Å². The minimum Gasteiger partial charge on any atom is -0.244 e. The van der Waals surface area contributed by atoms with Crippen molar-refractivity contribution in [2.45, 2.75) is 18.6 Å². The molecule has 2 unspecified atom stereocenters. The molecule has 22 heavy (non-hydrogen) atoms. The van der Waals surface area contributed by atoms with E-state index in [0.29, 0.717) is 0 Å². The molecule has 0 saturated carbocycles. The molecule has 1 aliphatic rings. The van der Waals surface area contributed by atoms with E-state index in [1.807, 2.05) is 55.5 Å². The largest absolute Gasteiger partial charge is 0.248 e. The number of rotatable bonds is 3. The van der Waals surface area contributed by atoms with Crippen LogP contribution < -0.4 is 0 Å². The molecule has 0 spiro atoms. The van der Waals surface area contributed by atoms with Crippen LogP contribution in [-0.2, 0) is 10.0 Å². The highest BCUT2D eigenvalue weighted by atomic mass is 79.9. The molecule has 1 aromatic carbocycles. The Kier molecular flexibility index (Phi) is 3.81. The van der Waals surface area contributed by atoms with Crippen LogP contribution >= 0.6 is 15.9 Å². The lowest BCUT2D eigenvalue weighted by molar-refractivity contribution is 0.506. The lowest BCUT2D eigenvalue weighted by Gasteiger charge is -2.34. The van der Waals surface area contributed by atoms with Crippen molar-refractivity contribution in [1.29, 1.82) is 0 Å². The molecule has 5 heteroatoms. The summed E-state index contributed by atoms with van der Waals surface area (Å²) in [5, 5.41) is 1.66. The van der Waals surface area contributed by atoms with Gasteiger partial charge < -0.3 is 0 Å². The first-order chi connectivity index (χ1) is 10.4. The number of halogens is 1. The fraction of sp³-hybridized carbons (Fsp3) is 0.294. The molecule has 0 amide bonds. The Labute approximate surface area is 139 Å². The molecule has 2 atom stereocenters. The Balaban J connectivity index is 2.15. The summed E-state index contributed by atoms with van der Waals surface area (Å²) in [7, 11) is -3.56. The van der Waals surface area contributed by atoms with Gasteiger partial charge in [-0.1, -0.05) is 59.3 Å². The zero-order valence-corrected chi connectivity index (χ0v) is 14.9. The topological polar surface area (TPSA) is 39.1 Å². The summed E-state index contributed by atoms with van der Waals surface area (Å²) in [6, 6.07) is 9.38. The maximum Gasteiger partial charge on any atom is 0.248 e. The first kappa shape index (κ1) is 15.6. The van der Waals surface area contributed by atoms with Crippen molar-refractivity contribution in [2.75, 3.05) is 5.33 Å². The number of alkyl halides is 1. The van der Waals surface area contributed by atoms with E-state index in [9.17, 15) is 8.42 Å². The Bertz CT molecular complexity index is 879. The van der Waals surface area contributed by atoms with Crippen molar-refractivity contribution in [2.24, 2.45) is 5.92 Å². The van der Waals surface area contributed by atoms with Gasteiger partial charge in [0.15, 0.2) is 0 Å². The quantitative estimate of drug-likeness (QED) is 0.752. The van der Waals surface area contributed by atoms with Crippen molar-refractivity contribution >= 4 is 36.9 Å². The average molecular weight is 380 g/mol. The molecular formula is C17H18BrNO2S. The van der Waals surface area contributed by atoms with Crippen molar-refractivity contribution in [3.05, 3.63) is 60.3 Å². The van der Waals surface area contributed by atoms with Crippen LogP contribution in [0.15, 0.2) is 60.3 Å². The van der Waals surface area contributed by atoms with Gasteiger partial charge in [0, 0.05) is 16.9 Å². The first-order valence-electron chi connectivity index (χ1n) is 7.17. The number of allylic oxidation sites excluding steroid dienone is 3. The van der Waals surface area contributed by atoms with Crippen molar-refractivity contribution in [3.63, 3.8) is 0 Å². The Hall–Kier alpha value is -1.33. The van der Waals surface area contributed by atoms with Crippen LogP contribution in [0, 0.1) is 5.92 Å². The highest BCUT2D eigenvalue weighted by molar-refractivity contribution is 9.09. The van der Waals surface area contributed by atoms with E-state index in [2.05, 4.69) is 15.9 Å². The zero-order chi connectivity index (χ0) is 16.0. The van der Waals surface area contributed by atoms with E-state index < -0.39 is 14.8 Å². The smallest absolute Gasteiger partial charge is 0.244 e. The number of para-hydroxylation sites is 1. The fourth-order valence-corrected chi connectivity index (χ4v) is 5.08. The van der Waals surface area contributed by atoms with E-state index in [1.165, 1.54) is 3.97 Å². The maximum atomic E-state index is 13.3. The minimum absolute atomic E-state index is 0.101. The zero-order valence-electron chi connectivity index (χ0n) is 12.5. The third-order valence-electron chi connectivity index (χ3n) is 4.53. The highest BCUT2D eigenvalue weighted by Crippen LogP contribution is 2.36. The molecule has 1 aromatic heterocycles. The molecule has 0 radical (unpaired) electrons. The van der Waals surface area contributed by atoms with Crippen LogP contribution in [0.4, 0.5) is 0 Å². The van der Waals surface area contributed by atoms with E-state index in [-0.39, 0.29) is 5.92 Å². The summed E-state index contributed by atoms with van der Waals surface area (Å²) in [5.74, 6) is -0.101. The molecule has 3 rings (SSSR count). The van der Waals surface area contributed by atoms with E-state index >= 15 is 0 Å². The summed E-state index contributed by atoms with van der Waals surface area (Å²) < 4.78 is 27.0. The van der Waals surface area contributed by atoms with Gasteiger partial charge in [-0.25, -0.2) is 12.4 Å². The SMILES string of the molecule is CC1C=C(CBr)C=CC1(C)S(=O)(=O)n1ccc2ccccc21. The summed E-state index contributed by atoms with van der Waals surface area (Å²) in [6.45, 7) is 3.75. The third-order valence-corrected chi connectivity index (χ3v) is 7.63.